The molecule has 37 heavy (non-hydrogen) atoms. The third-order valence-electron chi connectivity index (χ3n) is 7.19. The van der Waals surface area contributed by atoms with Crippen LogP contribution in [0.5, 0.6) is 5.75 Å². The van der Waals surface area contributed by atoms with E-state index in [4.69, 9.17) is 15.9 Å². The molecule has 2 aromatic rings. The molecule has 9 nitrogen and oxygen atoms in total. The van der Waals surface area contributed by atoms with E-state index in [-0.39, 0.29) is 41.9 Å². The number of nitrogen functional groups attached to an aromatic ring is 1. The van der Waals surface area contributed by atoms with Crippen molar-refractivity contribution >= 4 is 34.9 Å². The Balaban J connectivity index is 1.27. The lowest BCUT2D eigenvalue weighted by atomic mass is 9.84. The van der Waals surface area contributed by atoms with Gasteiger partial charge in [0, 0.05) is 28.8 Å². The van der Waals surface area contributed by atoms with Gasteiger partial charge in [0.2, 0.25) is 17.7 Å². The number of nitrogens with two attached hydrogens (primary N) is 1. The first-order valence-electron chi connectivity index (χ1n) is 12.8. The smallest absolute Gasteiger partial charge is 0.243 e. The number of carbonyl (C=O) groups excluding carboxylic acids is 3. The first-order valence-corrected chi connectivity index (χ1v) is 13.7. The zero-order valence-electron chi connectivity index (χ0n) is 21.0. The minimum absolute atomic E-state index is 0.00432. The highest BCUT2D eigenvalue weighted by atomic mass is 32.1. The van der Waals surface area contributed by atoms with E-state index in [1.807, 2.05) is 30.3 Å². The van der Waals surface area contributed by atoms with E-state index < -0.39 is 6.04 Å². The molecular formula is C27H35N5O4S. The molecule has 1 saturated heterocycles. The van der Waals surface area contributed by atoms with Crippen LogP contribution in [0, 0.1) is 10.8 Å². The summed E-state index contributed by atoms with van der Waals surface area (Å²) < 4.78 is 5.61. The molecule has 1 aromatic carbocycles. The molecule has 2 heterocycles. The van der Waals surface area contributed by atoms with E-state index in [2.05, 4.69) is 10.6 Å². The molecule has 1 aromatic heterocycles. The normalized spacial score (nSPS) is 18.1. The van der Waals surface area contributed by atoms with E-state index in [1.54, 1.807) is 16.3 Å². The van der Waals surface area contributed by atoms with Crippen LogP contribution in [0.4, 0.5) is 0 Å². The molecule has 0 radical (unpaired) electrons. The van der Waals surface area contributed by atoms with Crippen LogP contribution in [0.25, 0.3) is 0 Å². The quantitative estimate of drug-likeness (QED) is 0.203. The summed E-state index contributed by atoms with van der Waals surface area (Å²) in [6.07, 6.45) is 5.71. The topological polar surface area (TPSA) is 138 Å². The summed E-state index contributed by atoms with van der Waals surface area (Å²) in [6.45, 7) is 1.17. The van der Waals surface area contributed by atoms with E-state index in [0.717, 1.165) is 36.3 Å². The fourth-order valence-corrected chi connectivity index (χ4v) is 6.07. The van der Waals surface area contributed by atoms with E-state index in [9.17, 15) is 14.4 Å². The minimum atomic E-state index is -0.547. The first-order chi connectivity index (χ1) is 17.8. The average Bonchev–Trinajstić information content (AvgIpc) is 3.65. The highest BCUT2D eigenvalue weighted by Crippen LogP contribution is 2.47. The maximum atomic E-state index is 13.2. The van der Waals surface area contributed by atoms with Crippen LogP contribution in [-0.2, 0) is 20.9 Å². The molecule has 2 fully saturated rings. The summed E-state index contributed by atoms with van der Waals surface area (Å²) in [5.74, 6) is 0.137. The van der Waals surface area contributed by atoms with Crippen LogP contribution >= 0.6 is 11.3 Å². The molecule has 4 rings (SSSR count). The number of thiophene rings is 1. The summed E-state index contributed by atoms with van der Waals surface area (Å²) in [7, 11) is 0. The highest BCUT2D eigenvalue weighted by molar-refractivity contribution is 7.10. The molecule has 2 aliphatic rings. The van der Waals surface area contributed by atoms with Gasteiger partial charge >= 0.3 is 0 Å². The van der Waals surface area contributed by atoms with Crippen LogP contribution in [-0.4, -0.2) is 54.2 Å². The largest absolute Gasteiger partial charge is 0.494 e. The number of para-hydroxylation sites is 1. The SMILES string of the molecule is N=C(N)c1csc(CNC(=O)[C@@H]2CC3(CCCC3)CN2C(=O)CNC(=O)CCCOc2ccccc2)c1. The molecule has 10 heteroatoms. The second-order valence-electron chi connectivity index (χ2n) is 9.92. The van der Waals surface area contributed by atoms with E-state index in [0.29, 0.717) is 38.1 Å². The molecular weight excluding hydrogens is 490 g/mol. The molecule has 5 N–H and O–H groups in total. The predicted molar refractivity (Wildman–Crippen MR) is 142 cm³/mol. The lowest BCUT2D eigenvalue weighted by molar-refractivity contribution is -0.138. The minimum Gasteiger partial charge on any atom is -0.494 e. The molecule has 1 saturated carbocycles. The van der Waals surface area contributed by atoms with Crippen molar-refractivity contribution in [1.82, 2.24) is 15.5 Å². The number of ether oxygens (including phenoxy) is 1. The van der Waals surface area contributed by atoms with Crippen molar-refractivity contribution in [2.24, 2.45) is 11.1 Å². The maximum absolute atomic E-state index is 13.2. The number of benzene rings is 1. The molecule has 3 amide bonds. The van der Waals surface area contributed by atoms with Crippen LogP contribution in [0.2, 0.25) is 0 Å². The standard InChI is InChI=1S/C27H35N5O4S/c28-25(29)19-13-21(37-17-19)15-31-26(35)22-14-27(10-4-5-11-27)18-32(22)24(34)16-30-23(33)9-6-12-36-20-7-2-1-3-8-20/h1-3,7-8,13,17,22H,4-6,9-12,14-16,18H2,(H3,28,29)(H,30,33)(H,31,35)/t22-/m0/s1. The third-order valence-corrected chi connectivity index (χ3v) is 8.13. The molecule has 1 aliphatic heterocycles. The van der Waals surface area contributed by atoms with Crippen molar-refractivity contribution in [3.05, 3.63) is 52.2 Å². The van der Waals surface area contributed by atoms with Crippen LogP contribution in [0.3, 0.4) is 0 Å². The highest BCUT2D eigenvalue weighted by Gasteiger charge is 2.49. The predicted octanol–water partition coefficient (Wildman–Crippen LogP) is 2.79. The lowest BCUT2D eigenvalue weighted by Crippen LogP contribution is -2.48. The van der Waals surface area contributed by atoms with Crippen molar-refractivity contribution in [1.29, 1.82) is 5.41 Å². The van der Waals surface area contributed by atoms with E-state index >= 15 is 0 Å². The number of hydrogen-bond donors (Lipinski definition) is 4. The number of nitrogens with one attached hydrogen (secondary N) is 3. The zero-order valence-corrected chi connectivity index (χ0v) is 21.8. The summed E-state index contributed by atoms with van der Waals surface area (Å²) in [5, 5.41) is 15.0. The number of amides is 3. The Kier molecular flexibility index (Phi) is 8.81. The average molecular weight is 526 g/mol. The Morgan fingerprint density at radius 2 is 1.92 bits per heavy atom. The van der Waals surface area contributed by atoms with Gasteiger partial charge in [-0.05, 0) is 49.3 Å². The Morgan fingerprint density at radius 3 is 2.62 bits per heavy atom. The number of amidine groups is 1. The molecule has 1 aliphatic carbocycles. The van der Waals surface area contributed by atoms with Crippen LogP contribution < -0.4 is 21.1 Å². The van der Waals surface area contributed by atoms with Gasteiger partial charge in [0.15, 0.2) is 0 Å². The van der Waals surface area contributed by atoms with Crippen molar-refractivity contribution in [3.8, 4) is 5.75 Å². The van der Waals surface area contributed by atoms with Gasteiger partial charge in [0.1, 0.15) is 17.6 Å². The Labute approximate surface area is 221 Å². The van der Waals surface area contributed by atoms with Crippen molar-refractivity contribution < 1.29 is 19.1 Å². The van der Waals surface area contributed by atoms with Gasteiger partial charge in [0.25, 0.3) is 0 Å². The third kappa shape index (κ3) is 7.09. The monoisotopic (exact) mass is 525 g/mol. The summed E-state index contributed by atoms with van der Waals surface area (Å²) in [4.78, 5) is 41.2. The fourth-order valence-electron chi connectivity index (χ4n) is 5.25. The number of hydrogen-bond acceptors (Lipinski definition) is 6. The van der Waals surface area contributed by atoms with Crippen molar-refractivity contribution in [2.45, 2.75) is 57.5 Å². The number of rotatable bonds is 11. The number of carbonyl (C=O) groups is 3. The summed E-state index contributed by atoms with van der Waals surface area (Å²) in [6, 6.07) is 10.7. The molecule has 198 valence electrons. The fraction of sp³-hybridized carbons (Fsp3) is 0.481. The van der Waals surface area contributed by atoms with Gasteiger partial charge in [-0.15, -0.1) is 11.3 Å². The van der Waals surface area contributed by atoms with Gasteiger partial charge in [0.05, 0.1) is 19.7 Å². The summed E-state index contributed by atoms with van der Waals surface area (Å²) >= 11 is 1.43. The zero-order chi connectivity index (χ0) is 26.3. The van der Waals surface area contributed by atoms with Gasteiger partial charge in [-0.1, -0.05) is 31.0 Å². The molecule has 1 spiro atoms. The van der Waals surface area contributed by atoms with Gasteiger partial charge < -0.3 is 26.0 Å². The van der Waals surface area contributed by atoms with Gasteiger partial charge in [-0.3, -0.25) is 19.8 Å². The summed E-state index contributed by atoms with van der Waals surface area (Å²) in [5.41, 5.74) is 6.16. The molecule has 0 bridgehead atoms. The van der Waals surface area contributed by atoms with Crippen LogP contribution in [0.1, 0.15) is 55.4 Å². The molecule has 1 atom stereocenters. The number of likely N-dealkylation sites (tertiary alicyclic amines) is 1. The second-order valence-corrected chi connectivity index (χ2v) is 10.9. The second kappa shape index (κ2) is 12.2. The Bertz CT molecular complexity index is 1110. The van der Waals surface area contributed by atoms with Gasteiger partial charge in [-0.25, -0.2) is 0 Å². The lowest BCUT2D eigenvalue weighted by Gasteiger charge is -2.25. The molecule has 0 unspecified atom stereocenters. The van der Waals surface area contributed by atoms with Crippen molar-refractivity contribution in [2.75, 3.05) is 19.7 Å². The maximum Gasteiger partial charge on any atom is 0.243 e. The van der Waals surface area contributed by atoms with Crippen molar-refractivity contribution in [3.63, 3.8) is 0 Å². The van der Waals surface area contributed by atoms with E-state index in [1.165, 1.54) is 11.3 Å². The Morgan fingerprint density at radius 1 is 1.16 bits per heavy atom. The van der Waals surface area contributed by atoms with Crippen LogP contribution in [0.15, 0.2) is 41.8 Å². The van der Waals surface area contributed by atoms with Gasteiger partial charge in [-0.2, -0.15) is 0 Å². The Hall–Kier alpha value is -3.40. The first kappa shape index (κ1) is 26.7. The number of nitrogens with zero attached hydrogens (tertiary/aromatic N) is 1.